The molecular formula is C19H32O2. The lowest BCUT2D eigenvalue weighted by Crippen LogP contribution is -1.87. The maximum atomic E-state index is 9.43. The van der Waals surface area contributed by atoms with Crippen LogP contribution in [0.3, 0.4) is 0 Å². The molecule has 1 aromatic rings. The fourth-order valence-electron chi connectivity index (χ4n) is 2.72. The Bertz CT molecular complexity index is 374. The third-order valence-corrected chi connectivity index (χ3v) is 4.11. The van der Waals surface area contributed by atoms with Gasteiger partial charge in [-0.2, -0.15) is 0 Å². The Morgan fingerprint density at radius 3 is 1.71 bits per heavy atom. The van der Waals surface area contributed by atoms with E-state index < -0.39 is 0 Å². The van der Waals surface area contributed by atoms with E-state index in [0.29, 0.717) is 0 Å². The van der Waals surface area contributed by atoms with Crippen molar-refractivity contribution in [3.05, 3.63) is 23.8 Å². The van der Waals surface area contributed by atoms with Crippen LogP contribution >= 0.6 is 0 Å². The lowest BCUT2D eigenvalue weighted by atomic mass is 10.0. The van der Waals surface area contributed by atoms with Crippen LogP contribution in [0.25, 0.3) is 0 Å². The average molecular weight is 292 g/mol. The zero-order chi connectivity index (χ0) is 15.3. The van der Waals surface area contributed by atoms with Gasteiger partial charge in [0.25, 0.3) is 0 Å². The van der Waals surface area contributed by atoms with Crippen LogP contribution in [0.1, 0.15) is 83.1 Å². The molecule has 2 N–H and O–H groups in total. The normalized spacial score (nSPS) is 10.9. The Balaban J connectivity index is 1.91. The van der Waals surface area contributed by atoms with Gasteiger partial charge in [-0.15, -0.1) is 0 Å². The Kier molecular flexibility index (Phi) is 9.77. The van der Waals surface area contributed by atoms with E-state index in [1.54, 1.807) is 12.1 Å². The smallest absolute Gasteiger partial charge is 0.157 e. The van der Waals surface area contributed by atoms with E-state index in [1.807, 2.05) is 6.07 Å². The van der Waals surface area contributed by atoms with Gasteiger partial charge in [-0.05, 0) is 30.5 Å². The van der Waals surface area contributed by atoms with Crippen LogP contribution < -0.4 is 0 Å². The van der Waals surface area contributed by atoms with Gasteiger partial charge in [0.05, 0.1) is 0 Å². The molecule has 0 radical (unpaired) electrons. The Hall–Kier alpha value is -1.18. The van der Waals surface area contributed by atoms with E-state index >= 15 is 0 Å². The largest absolute Gasteiger partial charge is 0.504 e. The highest BCUT2D eigenvalue weighted by Crippen LogP contribution is 2.25. The molecule has 0 fully saturated rings. The van der Waals surface area contributed by atoms with Gasteiger partial charge in [0.1, 0.15) is 0 Å². The zero-order valence-electron chi connectivity index (χ0n) is 13.6. The summed E-state index contributed by atoms with van der Waals surface area (Å²) in [6.45, 7) is 2.26. The summed E-state index contributed by atoms with van der Waals surface area (Å²) in [7, 11) is 0. The number of unbranched alkanes of at least 4 members (excludes halogenated alkanes) is 10. The minimum absolute atomic E-state index is 0.00410. The molecule has 0 bridgehead atoms. The van der Waals surface area contributed by atoms with E-state index in [1.165, 1.54) is 70.6 Å². The molecule has 2 nitrogen and oxygen atoms in total. The maximum Gasteiger partial charge on any atom is 0.157 e. The van der Waals surface area contributed by atoms with Gasteiger partial charge in [0.2, 0.25) is 0 Å². The van der Waals surface area contributed by atoms with Crippen molar-refractivity contribution < 1.29 is 10.2 Å². The van der Waals surface area contributed by atoms with Crippen molar-refractivity contribution in [2.24, 2.45) is 0 Å². The summed E-state index contributed by atoms with van der Waals surface area (Å²) >= 11 is 0. The number of rotatable bonds is 12. The van der Waals surface area contributed by atoms with Crippen LogP contribution in [0.2, 0.25) is 0 Å². The molecule has 0 aromatic heterocycles. The van der Waals surface area contributed by atoms with E-state index in [2.05, 4.69) is 6.92 Å². The molecule has 1 rings (SSSR count). The van der Waals surface area contributed by atoms with Crippen molar-refractivity contribution in [3.63, 3.8) is 0 Å². The van der Waals surface area contributed by atoms with Crippen molar-refractivity contribution >= 4 is 0 Å². The number of hydrogen-bond donors (Lipinski definition) is 2. The minimum Gasteiger partial charge on any atom is -0.504 e. The summed E-state index contributed by atoms with van der Waals surface area (Å²) in [5, 5.41) is 18.7. The summed E-state index contributed by atoms with van der Waals surface area (Å²) in [6, 6.07) is 5.14. The molecule has 0 aliphatic rings. The lowest BCUT2D eigenvalue weighted by molar-refractivity contribution is 0.403. The third-order valence-electron chi connectivity index (χ3n) is 4.11. The molecule has 0 saturated heterocycles. The van der Waals surface area contributed by atoms with Crippen LogP contribution in [0.15, 0.2) is 18.2 Å². The number of phenolic OH excluding ortho intramolecular Hbond substituents is 2. The summed E-state index contributed by atoms with van der Waals surface area (Å²) in [5.74, 6) is -0.0340. The molecule has 0 atom stereocenters. The fourth-order valence-corrected chi connectivity index (χ4v) is 2.72. The molecule has 0 heterocycles. The molecule has 21 heavy (non-hydrogen) atoms. The topological polar surface area (TPSA) is 40.5 Å². The van der Waals surface area contributed by atoms with E-state index in [4.69, 9.17) is 0 Å². The van der Waals surface area contributed by atoms with Gasteiger partial charge in [-0.3, -0.25) is 0 Å². The molecule has 0 aliphatic heterocycles. The minimum atomic E-state index is -0.0299. The zero-order valence-corrected chi connectivity index (χ0v) is 13.6. The number of phenols is 2. The van der Waals surface area contributed by atoms with Gasteiger partial charge < -0.3 is 10.2 Å². The highest BCUT2D eigenvalue weighted by Gasteiger charge is 2.00. The van der Waals surface area contributed by atoms with Crippen molar-refractivity contribution in [1.82, 2.24) is 0 Å². The highest BCUT2D eigenvalue weighted by atomic mass is 16.3. The SMILES string of the molecule is CCCCCCCCCCCCCc1ccc(O)c(O)c1. The van der Waals surface area contributed by atoms with Crippen molar-refractivity contribution in [3.8, 4) is 11.5 Å². The quantitative estimate of drug-likeness (QED) is 0.369. The number of hydrogen-bond acceptors (Lipinski definition) is 2. The number of aromatic hydroxyl groups is 2. The van der Waals surface area contributed by atoms with Gasteiger partial charge in [0.15, 0.2) is 11.5 Å². The molecule has 1 aromatic carbocycles. The van der Waals surface area contributed by atoms with Crippen LogP contribution in [-0.2, 0) is 6.42 Å². The molecule has 120 valence electrons. The van der Waals surface area contributed by atoms with Crippen molar-refractivity contribution in [2.45, 2.75) is 84.0 Å². The molecule has 0 unspecified atom stereocenters. The van der Waals surface area contributed by atoms with Crippen molar-refractivity contribution in [2.75, 3.05) is 0 Å². The van der Waals surface area contributed by atoms with Crippen molar-refractivity contribution in [1.29, 1.82) is 0 Å². The fraction of sp³-hybridized carbons (Fsp3) is 0.684. The highest BCUT2D eigenvalue weighted by molar-refractivity contribution is 5.40. The predicted octanol–water partition coefficient (Wildman–Crippen LogP) is 5.95. The van der Waals surface area contributed by atoms with Gasteiger partial charge in [0, 0.05) is 0 Å². The summed E-state index contributed by atoms with van der Waals surface area (Å²) in [4.78, 5) is 0. The number of benzene rings is 1. The van der Waals surface area contributed by atoms with E-state index in [-0.39, 0.29) is 11.5 Å². The Morgan fingerprint density at radius 2 is 1.19 bits per heavy atom. The average Bonchev–Trinajstić information content (AvgIpc) is 2.48. The molecule has 2 heteroatoms. The monoisotopic (exact) mass is 292 g/mol. The first-order chi connectivity index (χ1) is 10.2. The first-order valence-electron chi connectivity index (χ1n) is 8.75. The Morgan fingerprint density at radius 1 is 0.667 bits per heavy atom. The molecule has 0 spiro atoms. The maximum absolute atomic E-state index is 9.43. The summed E-state index contributed by atoms with van der Waals surface area (Å²) in [6.07, 6.45) is 15.8. The lowest BCUT2D eigenvalue weighted by Gasteiger charge is -2.04. The Labute approximate surface area is 130 Å². The van der Waals surface area contributed by atoms with Crippen LogP contribution in [0, 0.1) is 0 Å². The van der Waals surface area contributed by atoms with E-state index in [9.17, 15) is 10.2 Å². The van der Waals surface area contributed by atoms with Gasteiger partial charge in [-0.25, -0.2) is 0 Å². The van der Waals surface area contributed by atoms with Gasteiger partial charge in [-0.1, -0.05) is 77.2 Å². The number of aryl methyl sites for hydroxylation is 1. The first-order valence-corrected chi connectivity index (χ1v) is 8.75. The third kappa shape index (κ3) is 8.64. The van der Waals surface area contributed by atoms with Crippen LogP contribution in [0.5, 0.6) is 11.5 Å². The second-order valence-electron chi connectivity index (χ2n) is 6.11. The second kappa shape index (κ2) is 11.5. The molecule has 0 amide bonds. The van der Waals surface area contributed by atoms with E-state index in [0.717, 1.165) is 12.0 Å². The molecule has 0 saturated carbocycles. The predicted molar refractivity (Wildman–Crippen MR) is 89.9 cm³/mol. The summed E-state index contributed by atoms with van der Waals surface area (Å²) in [5.41, 5.74) is 1.11. The second-order valence-corrected chi connectivity index (χ2v) is 6.11. The molecule has 0 aliphatic carbocycles. The van der Waals surface area contributed by atoms with Crippen LogP contribution in [-0.4, -0.2) is 10.2 Å². The molecular weight excluding hydrogens is 260 g/mol. The van der Waals surface area contributed by atoms with Crippen LogP contribution in [0.4, 0.5) is 0 Å². The first kappa shape index (κ1) is 17.9. The standard InChI is InChI=1S/C19H32O2/c1-2-3-4-5-6-7-8-9-10-11-12-13-17-14-15-18(20)19(21)16-17/h14-16,20-21H,2-13H2,1H3. The van der Waals surface area contributed by atoms with Gasteiger partial charge >= 0.3 is 0 Å². The summed E-state index contributed by atoms with van der Waals surface area (Å²) < 4.78 is 0.